The summed E-state index contributed by atoms with van der Waals surface area (Å²) in [6.07, 6.45) is 0. The second-order valence-electron chi connectivity index (χ2n) is 4.89. The van der Waals surface area contributed by atoms with Gasteiger partial charge < -0.3 is 9.47 Å². The Bertz CT molecular complexity index is 878. The number of methoxy groups -OCH3 is 2. The Morgan fingerprint density at radius 1 is 1.09 bits per heavy atom. The van der Waals surface area contributed by atoms with Crippen LogP contribution in [0.25, 0.3) is 22.2 Å². The van der Waals surface area contributed by atoms with Crippen molar-refractivity contribution in [3.05, 3.63) is 59.9 Å². The highest BCUT2D eigenvalue weighted by atomic mass is 19.1. The molecule has 0 saturated heterocycles. The molecule has 0 N–H and O–H groups in total. The highest BCUT2D eigenvalue weighted by Crippen LogP contribution is 2.32. The lowest BCUT2D eigenvalue weighted by atomic mass is 10.1. The van der Waals surface area contributed by atoms with Crippen LogP contribution < -0.4 is 4.74 Å². The zero-order valence-corrected chi connectivity index (χ0v) is 12.7. The van der Waals surface area contributed by atoms with Crippen molar-refractivity contribution in [3.63, 3.8) is 0 Å². The van der Waals surface area contributed by atoms with Gasteiger partial charge in [-0.15, -0.1) is 0 Å². The molecule has 0 spiro atoms. The minimum atomic E-state index is -0.740. The van der Waals surface area contributed by atoms with Crippen LogP contribution in [0.2, 0.25) is 0 Å². The van der Waals surface area contributed by atoms with E-state index in [1.807, 2.05) is 30.3 Å². The molecular formula is C18H14FNO3. The van der Waals surface area contributed by atoms with E-state index in [0.29, 0.717) is 16.8 Å². The van der Waals surface area contributed by atoms with E-state index in [2.05, 4.69) is 9.72 Å². The second kappa shape index (κ2) is 6.04. The predicted octanol–water partition coefficient (Wildman–Crippen LogP) is 3.84. The lowest BCUT2D eigenvalue weighted by molar-refractivity contribution is 0.0596. The zero-order valence-electron chi connectivity index (χ0n) is 12.7. The molecule has 23 heavy (non-hydrogen) atoms. The molecular weight excluding hydrogens is 297 g/mol. The number of halogens is 1. The number of carbonyl (C=O) groups is 1. The fourth-order valence-electron chi connectivity index (χ4n) is 2.42. The van der Waals surface area contributed by atoms with E-state index in [-0.39, 0.29) is 11.1 Å². The summed E-state index contributed by atoms with van der Waals surface area (Å²) in [4.78, 5) is 16.0. The maximum Gasteiger partial charge on any atom is 0.340 e. The third kappa shape index (κ3) is 2.61. The molecule has 0 amide bonds. The molecule has 0 unspecified atom stereocenters. The summed E-state index contributed by atoms with van der Waals surface area (Å²) in [5, 5.41) is 0.498. The van der Waals surface area contributed by atoms with Crippen molar-refractivity contribution in [1.29, 1.82) is 0 Å². The molecule has 3 aromatic rings. The molecule has 2 aromatic carbocycles. The Balaban J connectivity index is 2.30. The average molecular weight is 311 g/mol. The van der Waals surface area contributed by atoms with E-state index >= 15 is 0 Å². The minimum Gasteiger partial charge on any atom is -0.496 e. The lowest BCUT2D eigenvalue weighted by Crippen LogP contribution is -2.06. The number of carbonyl (C=O) groups excluding carboxylic acids is 1. The van der Waals surface area contributed by atoms with Crippen LogP contribution in [0.1, 0.15) is 10.4 Å². The molecule has 1 aromatic heterocycles. The topological polar surface area (TPSA) is 48.4 Å². The summed E-state index contributed by atoms with van der Waals surface area (Å²) < 4.78 is 24.6. The lowest BCUT2D eigenvalue weighted by Gasteiger charge is -2.11. The van der Waals surface area contributed by atoms with Gasteiger partial charge in [-0.1, -0.05) is 30.3 Å². The standard InChI is InChI=1S/C18H14FNO3/c1-22-15-10-14(11-6-4-3-5-7-11)20-17-12(15)8-9-13(16(17)19)18(21)23-2/h3-10H,1-2H3. The number of pyridine rings is 1. The van der Waals surface area contributed by atoms with Crippen molar-refractivity contribution < 1.29 is 18.7 Å². The van der Waals surface area contributed by atoms with Crippen molar-refractivity contribution in [2.24, 2.45) is 0 Å². The zero-order chi connectivity index (χ0) is 16.4. The predicted molar refractivity (Wildman–Crippen MR) is 85.0 cm³/mol. The quantitative estimate of drug-likeness (QED) is 0.690. The van der Waals surface area contributed by atoms with Gasteiger partial charge in [-0.25, -0.2) is 14.2 Å². The van der Waals surface area contributed by atoms with Crippen LogP contribution >= 0.6 is 0 Å². The molecule has 0 fully saturated rings. The molecule has 0 aliphatic heterocycles. The van der Waals surface area contributed by atoms with Gasteiger partial charge in [-0.05, 0) is 12.1 Å². The van der Waals surface area contributed by atoms with E-state index in [1.165, 1.54) is 20.3 Å². The van der Waals surface area contributed by atoms with E-state index in [1.54, 1.807) is 12.1 Å². The van der Waals surface area contributed by atoms with Gasteiger partial charge in [0.1, 0.15) is 11.3 Å². The van der Waals surface area contributed by atoms with Crippen LogP contribution in [0.4, 0.5) is 4.39 Å². The number of aromatic nitrogens is 1. The monoisotopic (exact) mass is 311 g/mol. The molecule has 0 radical (unpaired) electrons. The van der Waals surface area contributed by atoms with Gasteiger partial charge in [0.2, 0.25) is 0 Å². The molecule has 0 saturated carbocycles. The fourth-order valence-corrected chi connectivity index (χ4v) is 2.42. The highest BCUT2D eigenvalue weighted by molar-refractivity contribution is 5.97. The first kappa shape index (κ1) is 15.0. The first-order valence-electron chi connectivity index (χ1n) is 6.96. The highest BCUT2D eigenvalue weighted by Gasteiger charge is 2.19. The van der Waals surface area contributed by atoms with Gasteiger partial charge in [-0.3, -0.25) is 0 Å². The van der Waals surface area contributed by atoms with Gasteiger partial charge in [0, 0.05) is 17.0 Å². The van der Waals surface area contributed by atoms with Crippen LogP contribution in [0.3, 0.4) is 0 Å². The summed E-state index contributed by atoms with van der Waals surface area (Å²) in [5.41, 5.74) is 1.32. The Kier molecular flexibility index (Phi) is 3.93. The third-order valence-electron chi connectivity index (χ3n) is 3.58. The number of esters is 1. The number of rotatable bonds is 3. The molecule has 0 bridgehead atoms. The van der Waals surface area contributed by atoms with Crippen molar-refractivity contribution in [2.75, 3.05) is 14.2 Å². The van der Waals surface area contributed by atoms with Crippen LogP contribution in [-0.4, -0.2) is 25.2 Å². The largest absolute Gasteiger partial charge is 0.496 e. The number of nitrogens with zero attached hydrogens (tertiary/aromatic N) is 1. The molecule has 5 heteroatoms. The maximum atomic E-state index is 14.7. The first-order chi connectivity index (χ1) is 11.2. The normalized spacial score (nSPS) is 10.6. The smallest absolute Gasteiger partial charge is 0.340 e. The molecule has 0 aliphatic rings. The first-order valence-corrected chi connectivity index (χ1v) is 6.96. The number of hydrogen-bond donors (Lipinski definition) is 0. The van der Waals surface area contributed by atoms with Crippen LogP contribution in [-0.2, 0) is 4.74 Å². The van der Waals surface area contributed by atoms with Gasteiger partial charge >= 0.3 is 5.97 Å². The Hall–Kier alpha value is -2.95. The van der Waals surface area contributed by atoms with Crippen molar-refractivity contribution >= 4 is 16.9 Å². The molecule has 0 atom stereocenters. The molecule has 0 aliphatic carbocycles. The Labute approximate surface area is 132 Å². The SMILES string of the molecule is COC(=O)c1ccc2c(OC)cc(-c3ccccc3)nc2c1F. The molecule has 1 heterocycles. The maximum absolute atomic E-state index is 14.7. The molecule has 3 rings (SSSR count). The van der Waals surface area contributed by atoms with Crippen molar-refractivity contribution in [3.8, 4) is 17.0 Å². The summed E-state index contributed by atoms with van der Waals surface area (Å²) in [5.74, 6) is -0.968. The van der Waals surface area contributed by atoms with E-state index in [9.17, 15) is 9.18 Å². The van der Waals surface area contributed by atoms with Crippen LogP contribution in [0, 0.1) is 5.82 Å². The molecule has 116 valence electrons. The average Bonchev–Trinajstić information content (AvgIpc) is 2.61. The van der Waals surface area contributed by atoms with Crippen molar-refractivity contribution in [1.82, 2.24) is 4.98 Å². The minimum absolute atomic E-state index is 0.0751. The number of benzene rings is 2. The Morgan fingerprint density at radius 2 is 1.83 bits per heavy atom. The number of fused-ring (bicyclic) bond motifs is 1. The van der Waals surface area contributed by atoms with E-state index < -0.39 is 11.8 Å². The number of hydrogen-bond acceptors (Lipinski definition) is 4. The second-order valence-corrected chi connectivity index (χ2v) is 4.89. The third-order valence-corrected chi connectivity index (χ3v) is 3.58. The van der Waals surface area contributed by atoms with Gasteiger partial charge in [0.25, 0.3) is 0 Å². The van der Waals surface area contributed by atoms with E-state index in [0.717, 1.165) is 5.56 Å². The molecule has 4 nitrogen and oxygen atoms in total. The van der Waals surface area contributed by atoms with Gasteiger partial charge in [0.15, 0.2) is 5.82 Å². The van der Waals surface area contributed by atoms with Crippen LogP contribution in [0.5, 0.6) is 5.75 Å². The number of ether oxygens (including phenoxy) is 2. The van der Waals surface area contributed by atoms with E-state index in [4.69, 9.17) is 4.74 Å². The summed E-state index contributed by atoms with van der Waals surface area (Å²) in [6, 6.07) is 14.1. The van der Waals surface area contributed by atoms with Crippen molar-refractivity contribution in [2.45, 2.75) is 0 Å². The van der Waals surface area contributed by atoms with Gasteiger partial charge in [-0.2, -0.15) is 0 Å². The summed E-state index contributed by atoms with van der Waals surface area (Å²) in [7, 11) is 2.72. The fraction of sp³-hybridized carbons (Fsp3) is 0.111. The Morgan fingerprint density at radius 3 is 2.48 bits per heavy atom. The van der Waals surface area contributed by atoms with Gasteiger partial charge in [0.05, 0.1) is 25.5 Å². The van der Waals surface area contributed by atoms with Crippen LogP contribution in [0.15, 0.2) is 48.5 Å². The summed E-state index contributed by atoms with van der Waals surface area (Å²) >= 11 is 0. The summed E-state index contributed by atoms with van der Waals surface area (Å²) in [6.45, 7) is 0.